The summed E-state index contributed by atoms with van der Waals surface area (Å²) >= 11 is 0. The molecule has 0 saturated carbocycles. The predicted molar refractivity (Wildman–Crippen MR) is 71.1 cm³/mol. The Morgan fingerprint density at radius 1 is 1.28 bits per heavy atom. The molecule has 1 rings (SSSR count). The summed E-state index contributed by atoms with van der Waals surface area (Å²) in [4.78, 5) is 0. The average Bonchev–Trinajstić information content (AvgIpc) is 2.33. The predicted octanol–water partition coefficient (Wildman–Crippen LogP) is 2.93. The van der Waals surface area contributed by atoms with Crippen molar-refractivity contribution in [3.63, 3.8) is 0 Å². The summed E-state index contributed by atoms with van der Waals surface area (Å²) in [7, 11) is 1.62. The number of hydrogen-bond acceptors (Lipinski definition) is 3. The molecule has 102 valence electrons. The normalized spacial score (nSPS) is 11.4. The van der Waals surface area contributed by atoms with Gasteiger partial charge in [0.05, 0.1) is 7.11 Å². The Morgan fingerprint density at radius 3 is 2.56 bits per heavy atom. The molecule has 1 aromatic rings. The Balaban J connectivity index is 2.82. The van der Waals surface area contributed by atoms with Gasteiger partial charge >= 0.3 is 0 Å². The van der Waals surface area contributed by atoms with Gasteiger partial charge in [0.25, 0.3) is 0 Å². The molecule has 1 N–H and O–H groups in total. The molecule has 0 heterocycles. The number of ether oxygens (including phenoxy) is 2. The summed E-state index contributed by atoms with van der Waals surface area (Å²) in [5, 5.41) is 3.38. The highest BCUT2D eigenvalue weighted by molar-refractivity contribution is 5.40. The molecule has 4 heteroatoms. The molecule has 0 fully saturated rings. The first-order valence-corrected chi connectivity index (χ1v) is 6.07. The number of halogens is 1. The third kappa shape index (κ3) is 4.92. The van der Waals surface area contributed by atoms with Crippen molar-refractivity contribution >= 4 is 0 Å². The lowest BCUT2D eigenvalue weighted by Crippen LogP contribution is -2.35. The molecule has 0 aliphatic heterocycles. The van der Waals surface area contributed by atoms with Crippen LogP contribution in [0.5, 0.6) is 11.5 Å². The second-order valence-corrected chi connectivity index (χ2v) is 5.11. The van der Waals surface area contributed by atoms with E-state index in [4.69, 9.17) is 9.47 Å². The molecule has 0 spiro atoms. The fourth-order valence-corrected chi connectivity index (χ4v) is 1.47. The van der Waals surface area contributed by atoms with Crippen LogP contribution in [0.3, 0.4) is 0 Å². The van der Waals surface area contributed by atoms with Gasteiger partial charge in [0.1, 0.15) is 24.8 Å². The minimum Gasteiger partial charge on any atom is -0.497 e. The average molecular weight is 255 g/mol. The van der Waals surface area contributed by atoms with Gasteiger partial charge in [-0.15, -0.1) is 0 Å². The first kappa shape index (κ1) is 14.8. The highest BCUT2D eigenvalue weighted by Gasteiger charge is 2.12. The van der Waals surface area contributed by atoms with E-state index in [-0.39, 0.29) is 12.1 Å². The monoisotopic (exact) mass is 255 g/mol. The number of hydrogen-bond donors (Lipinski definition) is 1. The summed E-state index contributed by atoms with van der Waals surface area (Å²) in [6, 6.07) is 5.54. The van der Waals surface area contributed by atoms with Crippen molar-refractivity contribution in [2.45, 2.75) is 32.9 Å². The Labute approximate surface area is 108 Å². The van der Waals surface area contributed by atoms with E-state index in [2.05, 4.69) is 26.1 Å². The number of benzene rings is 1. The van der Waals surface area contributed by atoms with Crippen LogP contribution < -0.4 is 14.8 Å². The molecule has 0 aliphatic carbocycles. The molecule has 0 saturated heterocycles. The molecule has 0 amide bonds. The van der Waals surface area contributed by atoms with Crippen LogP contribution in [0.25, 0.3) is 0 Å². The molecule has 18 heavy (non-hydrogen) atoms. The Kier molecular flexibility index (Phi) is 5.41. The molecule has 0 atom stereocenters. The highest BCUT2D eigenvalue weighted by Crippen LogP contribution is 2.24. The molecule has 0 radical (unpaired) electrons. The SMILES string of the molecule is COc1ccc(OCCF)c(CNC(C)(C)C)c1. The van der Waals surface area contributed by atoms with Crippen molar-refractivity contribution in [3.05, 3.63) is 23.8 Å². The molecule has 0 unspecified atom stereocenters. The van der Waals surface area contributed by atoms with Gasteiger partial charge in [-0.05, 0) is 39.0 Å². The molecule has 0 aliphatic rings. The third-order valence-corrected chi connectivity index (χ3v) is 2.41. The molecule has 1 aromatic carbocycles. The third-order valence-electron chi connectivity index (χ3n) is 2.41. The number of rotatable bonds is 6. The van der Waals surface area contributed by atoms with Crippen molar-refractivity contribution in [3.8, 4) is 11.5 Å². The van der Waals surface area contributed by atoms with E-state index >= 15 is 0 Å². The van der Waals surface area contributed by atoms with E-state index in [9.17, 15) is 4.39 Å². The van der Waals surface area contributed by atoms with Gasteiger partial charge in [0.2, 0.25) is 0 Å². The number of methoxy groups -OCH3 is 1. The lowest BCUT2D eigenvalue weighted by Gasteiger charge is -2.22. The van der Waals surface area contributed by atoms with Crippen LogP contribution in [-0.2, 0) is 6.54 Å². The van der Waals surface area contributed by atoms with Crippen molar-refractivity contribution < 1.29 is 13.9 Å². The maximum atomic E-state index is 12.2. The summed E-state index contributed by atoms with van der Waals surface area (Å²) in [6.45, 7) is 6.52. The first-order chi connectivity index (χ1) is 8.46. The van der Waals surface area contributed by atoms with Crippen molar-refractivity contribution in [1.82, 2.24) is 5.32 Å². The van der Waals surface area contributed by atoms with Crippen LogP contribution in [0.4, 0.5) is 4.39 Å². The van der Waals surface area contributed by atoms with Crippen LogP contribution in [0, 0.1) is 0 Å². The standard InChI is InChI=1S/C14H22FNO2/c1-14(2,3)16-10-11-9-12(17-4)5-6-13(11)18-8-7-15/h5-6,9,16H,7-8,10H2,1-4H3. The maximum Gasteiger partial charge on any atom is 0.124 e. The van der Waals surface area contributed by atoms with Gasteiger partial charge in [0.15, 0.2) is 0 Å². The van der Waals surface area contributed by atoms with E-state index in [0.29, 0.717) is 12.3 Å². The van der Waals surface area contributed by atoms with Crippen LogP contribution in [0.15, 0.2) is 18.2 Å². The summed E-state index contributed by atoms with van der Waals surface area (Å²) in [5.74, 6) is 1.47. The Hall–Kier alpha value is -1.29. The topological polar surface area (TPSA) is 30.5 Å². The molecule has 0 aromatic heterocycles. The van der Waals surface area contributed by atoms with Gasteiger partial charge < -0.3 is 14.8 Å². The summed E-state index contributed by atoms with van der Waals surface area (Å²) in [6.07, 6.45) is 0. The van der Waals surface area contributed by atoms with Gasteiger partial charge in [-0.2, -0.15) is 0 Å². The fraction of sp³-hybridized carbons (Fsp3) is 0.571. The van der Waals surface area contributed by atoms with E-state index in [1.807, 2.05) is 18.2 Å². The zero-order chi connectivity index (χ0) is 13.6. The molecule has 0 bridgehead atoms. The van der Waals surface area contributed by atoms with Crippen molar-refractivity contribution in [2.75, 3.05) is 20.4 Å². The molecular weight excluding hydrogens is 233 g/mol. The fourth-order valence-electron chi connectivity index (χ4n) is 1.47. The van der Waals surface area contributed by atoms with Gasteiger partial charge in [-0.1, -0.05) is 0 Å². The first-order valence-electron chi connectivity index (χ1n) is 6.07. The molecular formula is C14H22FNO2. The largest absolute Gasteiger partial charge is 0.497 e. The maximum absolute atomic E-state index is 12.2. The zero-order valence-electron chi connectivity index (χ0n) is 11.5. The lowest BCUT2D eigenvalue weighted by molar-refractivity contribution is 0.269. The van der Waals surface area contributed by atoms with Crippen LogP contribution in [-0.4, -0.2) is 25.9 Å². The second-order valence-electron chi connectivity index (χ2n) is 5.11. The van der Waals surface area contributed by atoms with E-state index < -0.39 is 6.67 Å². The number of alkyl halides is 1. The summed E-state index contributed by atoms with van der Waals surface area (Å²) in [5.41, 5.74) is 0.984. The van der Waals surface area contributed by atoms with Gasteiger partial charge in [0, 0.05) is 17.6 Å². The van der Waals surface area contributed by atoms with Crippen molar-refractivity contribution in [1.29, 1.82) is 0 Å². The quantitative estimate of drug-likeness (QED) is 0.847. The minimum absolute atomic E-state index is 0.0143. The van der Waals surface area contributed by atoms with E-state index in [0.717, 1.165) is 11.3 Å². The van der Waals surface area contributed by atoms with Gasteiger partial charge in [-0.3, -0.25) is 0 Å². The second kappa shape index (κ2) is 6.59. The van der Waals surface area contributed by atoms with Crippen molar-refractivity contribution in [2.24, 2.45) is 0 Å². The van der Waals surface area contributed by atoms with E-state index in [1.165, 1.54) is 0 Å². The zero-order valence-corrected chi connectivity index (χ0v) is 11.5. The summed E-state index contributed by atoms with van der Waals surface area (Å²) < 4.78 is 22.7. The number of nitrogens with one attached hydrogen (secondary N) is 1. The van der Waals surface area contributed by atoms with Crippen LogP contribution in [0.1, 0.15) is 26.3 Å². The molecule has 3 nitrogen and oxygen atoms in total. The van der Waals surface area contributed by atoms with Gasteiger partial charge in [-0.25, -0.2) is 4.39 Å². The highest BCUT2D eigenvalue weighted by atomic mass is 19.1. The Bertz CT molecular complexity index is 375. The lowest BCUT2D eigenvalue weighted by atomic mass is 10.1. The van der Waals surface area contributed by atoms with E-state index in [1.54, 1.807) is 7.11 Å². The Morgan fingerprint density at radius 2 is 2.00 bits per heavy atom. The minimum atomic E-state index is -0.488. The smallest absolute Gasteiger partial charge is 0.124 e. The van der Waals surface area contributed by atoms with Crippen LogP contribution in [0.2, 0.25) is 0 Å². The van der Waals surface area contributed by atoms with Crippen LogP contribution >= 0.6 is 0 Å².